The fourth-order valence-electron chi connectivity index (χ4n) is 2.53. The smallest absolute Gasteiger partial charge is 0.128 e. The van der Waals surface area contributed by atoms with Crippen LogP contribution in [0.15, 0.2) is 18.3 Å². The van der Waals surface area contributed by atoms with E-state index in [0.29, 0.717) is 0 Å². The van der Waals surface area contributed by atoms with Gasteiger partial charge < -0.3 is 10.0 Å². The molecular weight excluding hydrogens is 212 g/mol. The van der Waals surface area contributed by atoms with E-state index in [1.54, 1.807) is 6.20 Å². The number of hydrogen-bond acceptors (Lipinski definition) is 3. The second-order valence-corrected chi connectivity index (χ2v) is 4.87. The van der Waals surface area contributed by atoms with Gasteiger partial charge in [0, 0.05) is 19.3 Å². The molecule has 2 heterocycles. The molecule has 3 heteroatoms. The Bertz CT molecular complexity index is 354. The van der Waals surface area contributed by atoms with Gasteiger partial charge in [0.2, 0.25) is 0 Å². The molecular formula is C14H22N2O. The zero-order chi connectivity index (χ0) is 12.1. The van der Waals surface area contributed by atoms with Gasteiger partial charge in [0.05, 0.1) is 6.61 Å². The average molecular weight is 234 g/mol. The Morgan fingerprint density at radius 3 is 3.06 bits per heavy atom. The van der Waals surface area contributed by atoms with Crippen LogP contribution in [0.4, 0.5) is 5.82 Å². The van der Waals surface area contributed by atoms with E-state index in [9.17, 15) is 0 Å². The van der Waals surface area contributed by atoms with E-state index in [1.165, 1.54) is 25.7 Å². The van der Waals surface area contributed by atoms with Crippen molar-refractivity contribution < 1.29 is 5.11 Å². The van der Waals surface area contributed by atoms with Crippen LogP contribution in [-0.2, 0) is 6.61 Å². The molecule has 1 aliphatic heterocycles. The fraction of sp³-hybridized carbons (Fsp3) is 0.643. The summed E-state index contributed by atoms with van der Waals surface area (Å²) in [7, 11) is 0. The van der Waals surface area contributed by atoms with E-state index in [1.807, 2.05) is 12.1 Å². The highest BCUT2D eigenvalue weighted by atomic mass is 16.3. The molecule has 0 saturated carbocycles. The Labute approximate surface area is 103 Å². The summed E-state index contributed by atoms with van der Waals surface area (Å²) in [4.78, 5) is 6.77. The predicted molar refractivity (Wildman–Crippen MR) is 70.0 cm³/mol. The molecule has 0 bridgehead atoms. The summed E-state index contributed by atoms with van der Waals surface area (Å²) in [5, 5.41) is 9.15. The van der Waals surface area contributed by atoms with Crippen LogP contribution < -0.4 is 4.90 Å². The molecule has 1 saturated heterocycles. The number of hydrogen-bond donors (Lipinski definition) is 1. The third-order valence-corrected chi connectivity index (χ3v) is 3.74. The number of rotatable bonds is 3. The van der Waals surface area contributed by atoms with Gasteiger partial charge in [0.15, 0.2) is 0 Å². The summed E-state index contributed by atoms with van der Waals surface area (Å²) >= 11 is 0. The molecule has 3 nitrogen and oxygen atoms in total. The lowest BCUT2D eigenvalue weighted by Crippen LogP contribution is -2.25. The van der Waals surface area contributed by atoms with Crippen LogP contribution >= 0.6 is 0 Å². The highest BCUT2D eigenvalue weighted by molar-refractivity contribution is 5.40. The minimum absolute atomic E-state index is 0.0982. The van der Waals surface area contributed by atoms with Crippen molar-refractivity contribution in [3.05, 3.63) is 23.9 Å². The minimum atomic E-state index is 0.0982. The Hall–Kier alpha value is -1.09. The molecule has 1 atom stereocenters. The largest absolute Gasteiger partial charge is 0.392 e. The van der Waals surface area contributed by atoms with E-state index in [0.717, 1.165) is 30.4 Å². The van der Waals surface area contributed by atoms with E-state index < -0.39 is 0 Å². The molecule has 1 fully saturated rings. The summed E-state index contributed by atoms with van der Waals surface area (Å²) < 4.78 is 0. The van der Waals surface area contributed by atoms with Crippen LogP contribution in [0.25, 0.3) is 0 Å². The third kappa shape index (κ3) is 3.19. The lowest BCUT2D eigenvalue weighted by Gasteiger charge is -2.22. The molecule has 0 spiro atoms. The Balaban J connectivity index is 2.05. The molecule has 0 radical (unpaired) electrons. The maximum Gasteiger partial charge on any atom is 0.128 e. The van der Waals surface area contributed by atoms with E-state index in [-0.39, 0.29) is 6.61 Å². The monoisotopic (exact) mass is 234 g/mol. The number of aliphatic hydroxyl groups excluding tert-OH is 1. The Morgan fingerprint density at radius 2 is 2.29 bits per heavy atom. The fourth-order valence-corrected chi connectivity index (χ4v) is 2.53. The summed E-state index contributed by atoms with van der Waals surface area (Å²) in [6.45, 7) is 4.57. The first-order valence-electron chi connectivity index (χ1n) is 6.64. The third-order valence-electron chi connectivity index (χ3n) is 3.74. The Morgan fingerprint density at radius 1 is 1.41 bits per heavy atom. The maximum absolute atomic E-state index is 9.15. The van der Waals surface area contributed by atoms with Gasteiger partial charge in [0.25, 0.3) is 0 Å². The zero-order valence-electron chi connectivity index (χ0n) is 10.6. The van der Waals surface area contributed by atoms with Gasteiger partial charge in [-0.2, -0.15) is 0 Å². The second kappa shape index (κ2) is 6.01. The van der Waals surface area contributed by atoms with Gasteiger partial charge in [-0.1, -0.05) is 13.3 Å². The Kier molecular flexibility index (Phi) is 4.37. The number of nitrogens with zero attached hydrogens (tertiary/aromatic N) is 2. The molecule has 0 amide bonds. The van der Waals surface area contributed by atoms with Crippen molar-refractivity contribution in [3.8, 4) is 0 Å². The van der Waals surface area contributed by atoms with Gasteiger partial charge in [-0.15, -0.1) is 0 Å². The van der Waals surface area contributed by atoms with Crippen molar-refractivity contribution in [3.63, 3.8) is 0 Å². The average Bonchev–Trinajstić information content (AvgIpc) is 2.64. The minimum Gasteiger partial charge on any atom is -0.392 e. The van der Waals surface area contributed by atoms with Gasteiger partial charge in [-0.25, -0.2) is 4.98 Å². The second-order valence-electron chi connectivity index (χ2n) is 4.87. The molecule has 0 aliphatic carbocycles. The topological polar surface area (TPSA) is 36.4 Å². The van der Waals surface area contributed by atoms with Crippen LogP contribution in [-0.4, -0.2) is 23.2 Å². The van der Waals surface area contributed by atoms with Crippen LogP contribution in [0.3, 0.4) is 0 Å². The molecule has 1 aliphatic rings. The molecule has 1 aromatic heterocycles. The van der Waals surface area contributed by atoms with Crippen LogP contribution in [0.2, 0.25) is 0 Å². The SMILES string of the molecule is CCC1CCCN(c2cc(CO)ccn2)CC1. The van der Waals surface area contributed by atoms with Crippen LogP contribution in [0.1, 0.15) is 38.2 Å². The van der Waals surface area contributed by atoms with Gasteiger partial charge in [-0.05, 0) is 42.9 Å². The first kappa shape index (κ1) is 12.4. The van der Waals surface area contributed by atoms with E-state index >= 15 is 0 Å². The number of anilines is 1. The molecule has 17 heavy (non-hydrogen) atoms. The lowest BCUT2D eigenvalue weighted by molar-refractivity contribution is 0.281. The van der Waals surface area contributed by atoms with Gasteiger partial charge >= 0.3 is 0 Å². The number of aliphatic hydroxyl groups is 1. The van der Waals surface area contributed by atoms with E-state index in [4.69, 9.17) is 5.11 Å². The van der Waals surface area contributed by atoms with Crippen molar-refractivity contribution in [2.75, 3.05) is 18.0 Å². The molecule has 1 aromatic rings. The van der Waals surface area contributed by atoms with Crippen molar-refractivity contribution in [2.24, 2.45) is 5.92 Å². The van der Waals surface area contributed by atoms with E-state index in [2.05, 4.69) is 16.8 Å². The highest BCUT2D eigenvalue weighted by Gasteiger charge is 2.16. The zero-order valence-corrected chi connectivity index (χ0v) is 10.6. The first-order chi connectivity index (χ1) is 8.33. The van der Waals surface area contributed by atoms with Crippen LogP contribution in [0, 0.1) is 5.92 Å². The first-order valence-corrected chi connectivity index (χ1v) is 6.64. The summed E-state index contributed by atoms with van der Waals surface area (Å²) in [6, 6.07) is 3.88. The summed E-state index contributed by atoms with van der Waals surface area (Å²) in [5.74, 6) is 1.90. The van der Waals surface area contributed by atoms with Gasteiger partial charge in [-0.3, -0.25) is 0 Å². The molecule has 94 valence electrons. The standard InChI is InChI=1S/C14H22N2O/c1-2-12-4-3-8-16(9-6-12)14-10-13(11-17)5-7-15-14/h5,7,10,12,17H,2-4,6,8-9,11H2,1H3. The van der Waals surface area contributed by atoms with Crippen molar-refractivity contribution in [1.29, 1.82) is 0 Å². The molecule has 2 rings (SSSR count). The number of aromatic nitrogens is 1. The van der Waals surface area contributed by atoms with Crippen molar-refractivity contribution in [1.82, 2.24) is 4.98 Å². The van der Waals surface area contributed by atoms with Gasteiger partial charge in [0.1, 0.15) is 5.82 Å². The summed E-state index contributed by atoms with van der Waals surface area (Å²) in [6.07, 6.45) is 6.94. The summed E-state index contributed by atoms with van der Waals surface area (Å²) in [5.41, 5.74) is 0.950. The highest BCUT2D eigenvalue weighted by Crippen LogP contribution is 2.23. The molecule has 1 N–H and O–H groups in total. The number of pyridine rings is 1. The van der Waals surface area contributed by atoms with Crippen LogP contribution in [0.5, 0.6) is 0 Å². The normalized spacial score (nSPS) is 21.3. The molecule has 0 aromatic carbocycles. The quantitative estimate of drug-likeness (QED) is 0.873. The van der Waals surface area contributed by atoms with Crippen molar-refractivity contribution >= 4 is 5.82 Å². The lowest BCUT2D eigenvalue weighted by atomic mass is 9.98. The maximum atomic E-state index is 9.15. The van der Waals surface area contributed by atoms with Crippen molar-refractivity contribution in [2.45, 2.75) is 39.2 Å². The predicted octanol–water partition coefficient (Wildman–Crippen LogP) is 2.59. The molecule has 1 unspecified atom stereocenters.